The number of anilines is 1. The Hall–Kier alpha value is -1.25. The van der Waals surface area contributed by atoms with Crippen LogP contribution in [0.25, 0.3) is 0 Å². The SMILES string of the molecule is Cc1c(Cl)cccc1N1CCN(CCNC(=O)c2cc(C(C)(C)C)n(C)c2C)C[I-]1. The summed E-state index contributed by atoms with van der Waals surface area (Å²) in [5.41, 5.74) is 5.46. The molecule has 1 aliphatic heterocycles. The first-order chi connectivity index (χ1) is 14.1. The van der Waals surface area contributed by atoms with Crippen molar-refractivity contribution in [1.29, 1.82) is 0 Å². The van der Waals surface area contributed by atoms with Gasteiger partial charge < -0.3 is 0 Å². The zero-order valence-corrected chi connectivity index (χ0v) is 21.8. The molecule has 1 amide bonds. The van der Waals surface area contributed by atoms with E-state index < -0.39 is 0 Å². The molecule has 2 aromatic rings. The molecule has 0 atom stereocenters. The van der Waals surface area contributed by atoms with Gasteiger partial charge in [0.15, 0.2) is 0 Å². The molecule has 3 rings (SSSR count). The van der Waals surface area contributed by atoms with Crippen LogP contribution < -0.4 is 29.9 Å². The maximum absolute atomic E-state index is 12.7. The molecular formula is C23H33ClIN4O-. The second-order valence-corrected chi connectivity index (χ2v) is 11.9. The van der Waals surface area contributed by atoms with E-state index in [0.29, 0.717) is 6.54 Å². The average Bonchev–Trinajstić information content (AvgIpc) is 3.00. The topological polar surface area (TPSA) is 40.5 Å². The van der Waals surface area contributed by atoms with Crippen LogP contribution in [0.1, 0.15) is 48.1 Å². The quantitative estimate of drug-likeness (QED) is 0.266. The summed E-state index contributed by atoms with van der Waals surface area (Å²) in [5.74, 6) is 0.0292. The first-order valence-corrected chi connectivity index (χ1v) is 13.3. The Kier molecular flexibility index (Phi) is 7.40. The van der Waals surface area contributed by atoms with Gasteiger partial charge in [0.1, 0.15) is 0 Å². The summed E-state index contributed by atoms with van der Waals surface area (Å²) in [6, 6.07) is 8.20. The average molecular weight is 544 g/mol. The molecule has 2 heterocycles. The molecule has 0 aliphatic carbocycles. The Bertz CT molecular complexity index is 911. The maximum atomic E-state index is 12.7. The van der Waals surface area contributed by atoms with E-state index >= 15 is 0 Å². The molecule has 1 fully saturated rings. The van der Waals surface area contributed by atoms with Gasteiger partial charge in [-0.1, -0.05) is 0 Å². The number of hydrogen-bond acceptors (Lipinski definition) is 3. The fourth-order valence-electron chi connectivity index (χ4n) is 3.78. The first-order valence-electron chi connectivity index (χ1n) is 10.4. The molecule has 0 unspecified atom stereocenters. The van der Waals surface area contributed by atoms with Crippen LogP contribution in [-0.4, -0.2) is 46.1 Å². The van der Waals surface area contributed by atoms with Crippen LogP contribution in [0.3, 0.4) is 0 Å². The van der Waals surface area contributed by atoms with Gasteiger partial charge in [0.25, 0.3) is 0 Å². The summed E-state index contributed by atoms with van der Waals surface area (Å²) in [5, 5.41) is 3.97. The Morgan fingerprint density at radius 3 is 2.57 bits per heavy atom. The van der Waals surface area contributed by atoms with Gasteiger partial charge in [0.2, 0.25) is 0 Å². The zero-order chi connectivity index (χ0) is 22.1. The standard InChI is InChI=1S/C23H33ClIN4O/c1-16-19(24)8-7-9-20(16)29-13-12-28(15-25-29)11-10-26-22(30)18-14-21(23(3,4)5)27(6)17(18)2/h7-9,14H,10-13,15H2,1-6H3,(H,26,30)/q-1. The molecule has 0 spiro atoms. The number of benzene rings is 1. The van der Waals surface area contributed by atoms with Crippen molar-refractivity contribution in [3.8, 4) is 0 Å². The number of halogens is 2. The fraction of sp³-hybridized carbons (Fsp3) is 0.522. The number of amides is 1. The van der Waals surface area contributed by atoms with Crippen LogP contribution >= 0.6 is 11.6 Å². The van der Waals surface area contributed by atoms with E-state index in [0.717, 1.165) is 40.5 Å². The van der Waals surface area contributed by atoms with E-state index in [1.54, 1.807) is 0 Å². The van der Waals surface area contributed by atoms with Crippen LogP contribution in [0.15, 0.2) is 24.3 Å². The number of nitrogens with zero attached hydrogens (tertiary/aromatic N) is 3. The number of aromatic nitrogens is 1. The third kappa shape index (κ3) is 5.14. The molecule has 1 aromatic heterocycles. The van der Waals surface area contributed by atoms with E-state index in [1.165, 1.54) is 16.9 Å². The van der Waals surface area contributed by atoms with Crippen LogP contribution in [0.5, 0.6) is 0 Å². The predicted octanol–water partition coefficient (Wildman–Crippen LogP) is 1.11. The van der Waals surface area contributed by atoms with E-state index in [1.807, 2.05) is 32.2 Å². The Morgan fingerprint density at radius 1 is 1.23 bits per heavy atom. The minimum absolute atomic E-state index is 0.0166. The fourth-order valence-corrected chi connectivity index (χ4v) is 6.87. The third-order valence-corrected chi connectivity index (χ3v) is 9.25. The van der Waals surface area contributed by atoms with Gasteiger partial charge in [-0.2, -0.15) is 0 Å². The molecule has 5 nitrogen and oxygen atoms in total. The molecule has 0 radical (unpaired) electrons. The summed E-state index contributed by atoms with van der Waals surface area (Å²) >= 11 is 6.18. The first kappa shape index (κ1) is 23.4. The normalized spacial score (nSPS) is 15.8. The van der Waals surface area contributed by atoms with Gasteiger partial charge in [0, 0.05) is 0 Å². The molecule has 1 N–H and O–H groups in total. The summed E-state index contributed by atoms with van der Waals surface area (Å²) in [6.45, 7) is 14.3. The van der Waals surface area contributed by atoms with Crippen LogP contribution in [0.4, 0.5) is 5.69 Å². The van der Waals surface area contributed by atoms with E-state index in [9.17, 15) is 4.79 Å². The van der Waals surface area contributed by atoms with Crippen molar-refractivity contribution >= 4 is 23.2 Å². The molecule has 166 valence electrons. The number of carbonyl (C=O) groups is 1. The van der Waals surface area contributed by atoms with Crippen molar-refractivity contribution in [2.24, 2.45) is 7.05 Å². The summed E-state index contributed by atoms with van der Waals surface area (Å²) in [6.07, 6.45) is 0. The van der Waals surface area contributed by atoms with E-state index in [4.69, 9.17) is 11.6 Å². The zero-order valence-electron chi connectivity index (χ0n) is 18.9. The van der Waals surface area contributed by atoms with Gasteiger partial charge in [-0.15, -0.1) is 0 Å². The molecule has 0 saturated carbocycles. The Balaban J connectivity index is 1.50. The predicted molar refractivity (Wildman–Crippen MR) is 121 cm³/mol. The van der Waals surface area contributed by atoms with Crippen molar-refractivity contribution in [3.05, 3.63) is 51.8 Å². The molecule has 1 saturated heterocycles. The molecule has 1 aliphatic rings. The van der Waals surface area contributed by atoms with Crippen LogP contribution in [0.2, 0.25) is 5.02 Å². The second kappa shape index (κ2) is 9.49. The van der Waals surface area contributed by atoms with Crippen LogP contribution in [0, 0.1) is 13.8 Å². The van der Waals surface area contributed by atoms with E-state index in [-0.39, 0.29) is 32.8 Å². The summed E-state index contributed by atoms with van der Waals surface area (Å²) < 4.78 is 5.74. The van der Waals surface area contributed by atoms with Crippen molar-refractivity contribution in [3.63, 3.8) is 0 Å². The summed E-state index contributed by atoms with van der Waals surface area (Å²) in [7, 11) is 2.04. The Labute approximate surface area is 196 Å². The molecular weight excluding hydrogens is 511 g/mol. The third-order valence-electron chi connectivity index (χ3n) is 5.74. The molecule has 30 heavy (non-hydrogen) atoms. The van der Waals surface area contributed by atoms with Gasteiger partial charge in [-0.25, -0.2) is 0 Å². The minimum atomic E-state index is -0.113. The summed E-state index contributed by atoms with van der Waals surface area (Å²) in [4.78, 5) is 15.2. The monoisotopic (exact) mass is 543 g/mol. The van der Waals surface area contributed by atoms with Crippen molar-refractivity contribution in [1.82, 2.24) is 14.8 Å². The van der Waals surface area contributed by atoms with Gasteiger partial charge >= 0.3 is 197 Å². The number of hydrogen-bond donors (Lipinski definition) is 1. The van der Waals surface area contributed by atoms with Crippen molar-refractivity contribution in [2.75, 3.05) is 33.8 Å². The van der Waals surface area contributed by atoms with Crippen molar-refractivity contribution < 1.29 is 26.3 Å². The number of rotatable bonds is 5. The van der Waals surface area contributed by atoms with Gasteiger partial charge in [-0.3, -0.25) is 0 Å². The molecule has 7 heteroatoms. The Morgan fingerprint density at radius 2 is 1.97 bits per heavy atom. The number of nitrogens with one attached hydrogen (secondary N) is 1. The van der Waals surface area contributed by atoms with E-state index in [2.05, 4.69) is 51.7 Å². The van der Waals surface area contributed by atoms with Crippen molar-refractivity contribution in [2.45, 2.75) is 40.0 Å². The number of alkyl halides is 1. The molecule has 1 aromatic carbocycles. The number of carbonyl (C=O) groups excluding carboxylic acids is 1. The van der Waals surface area contributed by atoms with Crippen LogP contribution in [-0.2, 0) is 12.5 Å². The van der Waals surface area contributed by atoms with Gasteiger partial charge in [0.05, 0.1) is 0 Å². The molecule has 0 bridgehead atoms. The second-order valence-electron chi connectivity index (χ2n) is 8.92. The van der Waals surface area contributed by atoms with Gasteiger partial charge in [-0.05, 0) is 0 Å².